The molecule has 0 radical (unpaired) electrons. The molecule has 0 heterocycles. The Morgan fingerprint density at radius 1 is 1.35 bits per heavy atom. The minimum atomic E-state index is -0.414. The lowest BCUT2D eigenvalue weighted by Crippen LogP contribution is -2.39. The number of hydrogen-bond donors (Lipinski definition) is 0. The highest BCUT2D eigenvalue weighted by molar-refractivity contribution is 5.76. The molecule has 2 nitrogen and oxygen atoms in total. The van der Waals surface area contributed by atoms with Crippen molar-refractivity contribution in [1.29, 1.82) is 0 Å². The van der Waals surface area contributed by atoms with Crippen molar-refractivity contribution in [2.24, 2.45) is 16.7 Å². The number of hydrogen-bond acceptors (Lipinski definition) is 2. The number of esters is 1. The Morgan fingerprint density at radius 2 is 1.88 bits per heavy atom. The van der Waals surface area contributed by atoms with Crippen LogP contribution in [-0.2, 0) is 9.53 Å². The molecule has 2 heteroatoms. The second-order valence-corrected chi connectivity index (χ2v) is 6.15. The van der Waals surface area contributed by atoms with Crippen LogP contribution in [0.1, 0.15) is 54.4 Å². The molecule has 0 spiro atoms. The van der Waals surface area contributed by atoms with Crippen LogP contribution in [0.2, 0.25) is 0 Å². The first-order chi connectivity index (χ1) is 7.69. The van der Waals surface area contributed by atoms with Crippen LogP contribution in [0.3, 0.4) is 0 Å². The molecule has 0 aliphatic heterocycles. The van der Waals surface area contributed by atoms with Crippen molar-refractivity contribution in [3.05, 3.63) is 12.7 Å². The highest BCUT2D eigenvalue weighted by Crippen LogP contribution is 2.42. The van der Waals surface area contributed by atoms with Crippen LogP contribution >= 0.6 is 0 Å². The second-order valence-electron chi connectivity index (χ2n) is 6.15. The zero-order valence-electron chi connectivity index (χ0n) is 12.3. The van der Waals surface area contributed by atoms with Gasteiger partial charge in [-0.2, -0.15) is 0 Å². The lowest BCUT2D eigenvalue weighted by atomic mass is 9.67. The zero-order chi connectivity index (χ0) is 13.7. The molecule has 0 aliphatic rings. The monoisotopic (exact) mass is 240 g/mol. The lowest BCUT2D eigenvalue weighted by molar-refractivity contribution is -0.158. The first-order valence-corrected chi connectivity index (χ1v) is 6.47. The molecule has 0 aromatic rings. The molecule has 1 unspecified atom stereocenters. The van der Waals surface area contributed by atoms with E-state index in [1.807, 2.05) is 6.92 Å². The first kappa shape index (κ1) is 16.2. The summed E-state index contributed by atoms with van der Waals surface area (Å²) in [5.41, 5.74) is -0.255. The summed E-state index contributed by atoms with van der Waals surface area (Å²) in [6.45, 7) is 16.6. The average molecular weight is 240 g/mol. The van der Waals surface area contributed by atoms with Crippen LogP contribution in [0.15, 0.2) is 12.7 Å². The van der Waals surface area contributed by atoms with Gasteiger partial charge >= 0.3 is 5.97 Å². The van der Waals surface area contributed by atoms with Gasteiger partial charge in [-0.05, 0) is 24.7 Å². The molecular weight excluding hydrogens is 212 g/mol. The van der Waals surface area contributed by atoms with Crippen molar-refractivity contribution in [2.45, 2.75) is 54.4 Å². The van der Waals surface area contributed by atoms with Gasteiger partial charge in [-0.3, -0.25) is 4.79 Å². The predicted molar refractivity (Wildman–Crippen MR) is 72.8 cm³/mol. The number of rotatable bonds is 7. The molecule has 100 valence electrons. The maximum Gasteiger partial charge on any atom is 0.312 e. The van der Waals surface area contributed by atoms with Crippen molar-refractivity contribution in [2.75, 3.05) is 6.61 Å². The molecule has 0 bridgehead atoms. The summed E-state index contributed by atoms with van der Waals surface area (Å²) in [4.78, 5) is 12.2. The predicted octanol–water partition coefficient (Wildman–Crippen LogP) is 4.20. The van der Waals surface area contributed by atoms with Crippen molar-refractivity contribution < 1.29 is 9.53 Å². The van der Waals surface area contributed by atoms with Gasteiger partial charge < -0.3 is 4.74 Å². The lowest BCUT2D eigenvalue weighted by Gasteiger charge is -2.38. The molecule has 17 heavy (non-hydrogen) atoms. The molecule has 0 fully saturated rings. The molecule has 0 N–H and O–H groups in total. The molecule has 0 aliphatic carbocycles. The van der Waals surface area contributed by atoms with E-state index >= 15 is 0 Å². The molecule has 0 saturated carbocycles. The largest absolute Gasteiger partial charge is 0.461 e. The van der Waals surface area contributed by atoms with Crippen LogP contribution < -0.4 is 0 Å². The molecule has 0 amide bonds. The summed E-state index contributed by atoms with van der Waals surface area (Å²) in [7, 11) is 0. The van der Waals surface area contributed by atoms with Gasteiger partial charge in [0.15, 0.2) is 0 Å². The molecule has 0 saturated heterocycles. The average Bonchev–Trinajstić information content (AvgIpc) is 2.24. The third kappa shape index (κ3) is 4.53. The second kappa shape index (κ2) is 6.23. The van der Waals surface area contributed by atoms with Crippen LogP contribution in [0.25, 0.3) is 0 Å². The Labute approximate surface area is 106 Å². The summed E-state index contributed by atoms with van der Waals surface area (Å²) in [6, 6.07) is 0. The maximum absolute atomic E-state index is 12.2. The van der Waals surface area contributed by atoms with E-state index in [1.165, 1.54) is 0 Å². The number of carbonyl (C=O) groups is 1. The van der Waals surface area contributed by atoms with E-state index in [9.17, 15) is 4.79 Å². The minimum absolute atomic E-state index is 0.103. The van der Waals surface area contributed by atoms with E-state index in [0.29, 0.717) is 6.61 Å². The Kier molecular flexibility index (Phi) is 5.94. The van der Waals surface area contributed by atoms with E-state index in [2.05, 4.69) is 41.2 Å². The van der Waals surface area contributed by atoms with Gasteiger partial charge in [-0.1, -0.05) is 53.7 Å². The molecule has 0 aromatic heterocycles. The normalized spacial score (nSPS) is 15.5. The van der Waals surface area contributed by atoms with E-state index < -0.39 is 5.41 Å². The molecular formula is C15H28O2. The maximum atomic E-state index is 12.2. The third-order valence-electron chi connectivity index (χ3n) is 3.88. The Bertz CT molecular complexity index is 266. The van der Waals surface area contributed by atoms with Gasteiger partial charge in [-0.15, -0.1) is 0 Å². The fraction of sp³-hybridized carbons (Fsp3) is 0.800. The zero-order valence-corrected chi connectivity index (χ0v) is 12.3. The van der Waals surface area contributed by atoms with Gasteiger partial charge in [0.2, 0.25) is 0 Å². The highest BCUT2D eigenvalue weighted by Gasteiger charge is 2.41. The van der Waals surface area contributed by atoms with Crippen LogP contribution in [0.5, 0.6) is 0 Å². The summed E-state index contributed by atoms with van der Waals surface area (Å²) in [5, 5.41) is 0. The topological polar surface area (TPSA) is 26.3 Å². The van der Waals surface area contributed by atoms with Gasteiger partial charge in [0.1, 0.15) is 6.61 Å². The van der Waals surface area contributed by atoms with Gasteiger partial charge in [0, 0.05) is 0 Å². The fourth-order valence-electron chi connectivity index (χ4n) is 1.93. The quantitative estimate of drug-likeness (QED) is 0.492. The summed E-state index contributed by atoms with van der Waals surface area (Å²) >= 11 is 0. The molecule has 1 atom stereocenters. The Morgan fingerprint density at radius 3 is 2.24 bits per heavy atom. The van der Waals surface area contributed by atoms with Gasteiger partial charge in [0.25, 0.3) is 0 Å². The molecule has 0 rings (SSSR count). The van der Waals surface area contributed by atoms with Crippen molar-refractivity contribution >= 4 is 5.97 Å². The summed E-state index contributed by atoms with van der Waals surface area (Å²) in [5.74, 6) is 0.166. The van der Waals surface area contributed by atoms with Crippen LogP contribution in [0, 0.1) is 16.7 Å². The number of carbonyl (C=O) groups excluding carboxylic acids is 1. The van der Waals surface area contributed by atoms with Crippen molar-refractivity contribution in [1.82, 2.24) is 0 Å². The van der Waals surface area contributed by atoms with E-state index in [0.717, 1.165) is 12.8 Å². The van der Waals surface area contributed by atoms with E-state index in [4.69, 9.17) is 4.74 Å². The minimum Gasteiger partial charge on any atom is -0.461 e. The summed E-state index contributed by atoms with van der Waals surface area (Å²) in [6.07, 6.45) is 3.53. The Hall–Kier alpha value is -0.790. The fourth-order valence-corrected chi connectivity index (χ4v) is 1.93. The van der Waals surface area contributed by atoms with E-state index in [-0.39, 0.29) is 17.3 Å². The number of ether oxygens (including phenoxy) is 1. The smallest absolute Gasteiger partial charge is 0.312 e. The standard InChI is InChI=1S/C15H28O2/c1-8-10-17-13(16)15(7,12(3)4)11-14(5,6)9-2/h8,12H,1,9-11H2,2-7H3. The van der Waals surface area contributed by atoms with Gasteiger partial charge in [-0.25, -0.2) is 0 Å². The molecule has 0 aromatic carbocycles. The summed E-state index contributed by atoms with van der Waals surface area (Å²) < 4.78 is 5.25. The first-order valence-electron chi connectivity index (χ1n) is 6.47. The van der Waals surface area contributed by atoms with Crippen molar-refractivity contribution in [3.63, 3.8) is 0 Å². The van der Waals surface area contributed by atoms with E-state index in [1.54, 1.807) is 6.08 Å². The van der Waals surface area contributed by atoms with Crippen LogP contribution in [-0.4, -0.2) is 12.6 Å². The SMILES string of the molecule is C=CCOC(=O)C(C)(CC(C)(C)CC)C(C)C. The highest BCUT2D eigenvalue weighted by atomic mass is 16.5. The Balaban J connectivity index is 4.90. The third-order valence-corrected chi connectivity index (χ3v) is 3.88. The van der Waals surface area contributed by atoms with Crippen LogP contribution in [0.4, 0.5) is 0 Å². The van der Waals surface area contributed by atoms with Crippen molar-refractivity contribution in [3.8, 4) is 0 Å². The van der Waals surface area contributed by atoms with Gasteiger partial charge in [0.05, 0.1) is 5.41 Å².